The molecule has 1 aliphatic heterocycles. The van der Waals surface area contributed by atoms with Gasteiger partial charge in [-0.2, -0.15) is 0 Å². The number of primary amides is 1. The van der Waals surface area contributed by atoms with Crippen LogP contribution in [0.15, 0.2) is 50.9 Å². The highest BCUT2D eigenvalue weighted by Gasteiger charge is 2.37. The Morgan fingerprint density at radius 3 is 2.60 bits per heavy atom. The summed E-state index contributed by atoms with van der Waals surface area (Å²) in [5, 5.41) is 2.44. The Bertz CT molecular complexity index is 1120. The molecule has 0 atom stereocenters. The number of carbonyl (C=O) groups is 4. The molecule has 0 bridgehead atoms. The van der Waals surface area contributed by atoms with Crippen molar-refractivity contribution in [3.8, 4) is 5.75 Å². The SMILES string of the molecule is NC(=O)COc1c(Br)cc(Br)cc1/C=C1\C(=O)NC(=O)N(c2cccc(Cl)c2)C1=O. The summed E-state index contributed by atoms with van der Waals surface area (Å²) >= 11 is 12.6. The van der Waals surface area contributed by atoms with Crippen LogP contribution in [-0.4, -0.2) is 30.4 Å². The number of barbiturate groups is 1. The Kier molecular flexibility index (Phi) is 6.59. The zero-order chi connectivity index (χ0) is 22.0. The van der Waals surface area contributed by atoms with Crippen molar-refractivity contribution in [2.45, 2.75) is 0 Å². The van der Waals surface area contributed by atoms with Crippen LogP contribution in [0.3, 0.4) is 0 Å². The van der Waals surface area contributed by atoms with Gasteiger partial charge in [-0.05, 0) is 52.3 Å². The third kappa shape index (κ3) is 4.72. The lowest BCUT2D eigenvalue weighted by molar-refractivity contribution is -0.123. The molecule has 2 aromatic carbocycles. The molecule has 1 heterocycles. The first-order chi connectivity index (χ1) is 14.2. The molecule has 3 rings (SSSR count). The Morgan fingerprint density at radius 2 is 1.93 bits per heavy atom. The van der Waals surface area contributed by atoms with Crippen molar-refractivity contribution in [1.29, 1.82) is 0 Å². The molecule has 154 valence electrons. The first-order valence-electron chi connectivity index (χ1n) is 8.24. The fourth-order valence-electron chi connectivity index (χ4n) is 2.65. The van der Waals surface area contributed by atoms with Crippen molar-refractivity contribution in [2.75, 3.05) is 11.5 Å². The highest BCUT2D eigenvalue weighted by Crippen LogP contribution is 2.35. The van der Waals surface area contributed by atoms with Crippen molar-refractivity contribution in [3.05, 3.63) is 61.5 Å². The summed E-state index contributed by atoms with van der Waals surface area (Å²) in [7, 11) is 0. The maximum atomic E-state index is 13.0. The minimum absolute atomic E-state index is 0.191. The predicted octanol–water partition coefficient (Wildman–Crippen LogP) is 3.40. The second-order valence-corrected chi connectivity index (χ2v) is 8.21. The van der Waals surface area contributed by atoms with E-state index >= 15 is 0 Å². The van der Waals surface area contributed by atoms with Crippen LogP contribution >= 0.6 is 43.5 Å². The van der Waals surface area contributed by atoms with Gasteiger partial charge in [0.05, 0.1) is 10.2 Å². The predicted molar refractivity (Wildman–Crippen MR) is 117 cm³/mol. The molecule has 3 N–H and O–H groups in total. The van der Waals surface area contributed by atoms with Crippen molar-refractivity contribution < 1.29 is 23.9 Å². The number of carbonyl (C=O) groups excluding carboxylic acids is 4. The number of benzene rings is 2. The summed E-state index contributed by atoms with van der Waals surface area (Å²) in [6, 6.07) is 8.42. The molecule has 0 spiro atoms. The minimum atomic E-state index is -0.898. The average molecular weight is 558 g/mol. The van der Waals surface area contributed by atoms with Crippen LogP contribution in [0.5, 0.6) is 5.75 Å². The van der Waals surface area contributed by atoms with Gasteiger partial charge in [-0.15, -0.1) is 0 Å². The van der Waals surface area contributed by atoms with Gasteiger partial charge in [-0.1, -0.05) is 33.6 Å². The lowest BCUT2D eigenvalue weighted by Gasteiger charge is -2.26. The van der Waals surface area contributed by atoms with E-state index in [0.29, 0.717) is 19.5 Å². The number of hydrogen-bond acceptors (Lipinski definition) is 5. The number of imide groups is 2. The van der Waals surface area contributed by atoms with E-state index in [9.17, 15) is 19.2 Å². The van der Waals surface area contributed by atoms with Crippen LogP contribution in [0.25, 0.3) is 6.08 Å². The summed E-state index contributed by atoms with van der Waals surface area (Å²) in [6.07, 6.45) is 1.26. The number of rotatable bonds is 5. The van der Waals surface area contributed by atoms with E-state index in [1.54, 1.807) is 24.3 Å². The Morgan fingerprint density at radius 1 is 1.20 bits per heavy atom. The van der Waals surface area contributed by atoms with Gasteiger partial charge in [-0.25, -0.2) is 9.69 Å². The molecule has 11 heteroatoms. The molecular weight excluding hydrogens is 545 g/mol. The Hall–Kier alpha value is -2.69. The summed E-state index contributed by atoms with van der Waals surface area (Å²) < 4.78 is 6.48. The lowest BCUT2D eigenvalue weighted by Crippen LogP contribution is -2.54. The quantitative estimate of drug-likeness (QED) is 0.432. The molecule has 30 heavy (non-hydrogen) atoms. The molecule has 0 radical (unpaired) electrons. The average Bonchev–Trinajstić information content (AvgIpc) is 2.64. The summed E-state index contributed by atoms with van der Waals surface area (Å²) in [5.74, 6) is -2.23. The molecule has 0 aromatic heterocycles. The van der Waals surface area contributed by atoms with Crippen LogP contribution in [0.4, 0.5) is 10.5 Å². The zero-order valence-electron chi connectivity index (χ0n) is 14.9. The van der Waals surface area contributed by atoms with E-state index in [-0.39, 0.29) is 17.0 Å². The Balaban J connectivity index is 2.08. The van der Waals surface area contributed by atoms with Gasteiger partial charge in [-0.3, -0.25) is 19.7 Å². The third-order valence-corrected chi connectivity index (χ3v) is 5.15. The second kappa shape index (κ2) is 8.99. The number of hydrogen-bond donors (Lipinski definition) is 2. The molecule has 2 aromatic rings. The summed E-state index contributed by atoms with van der Waals surface area (Å²) in [6.45, 7) is -0.413. The molecule has 0 aliphatic carbocycles. The zero-order valence-corrected chi connectivity index (χ0v) is 18.9. The van der Waals surface area contributed by atoms with Crippen molar-refractivity contribution >= 4 is 79.0 Å². The molecule has 1 aliphatic rings. The van der Waals surface area contributed by atoms with Crippen molar-refractivity contribution in [3.63, 3.8) is 0 Å². The topological polar surface area (TPSA) is 119 Å². The number of nitrogens with two attached hydrogens (primary N) is 1. The van der Waals surface area contributed by atoms with Crippen molar-refractivity contribution in [2.24, 2.45) is 5.73 Å². The number of nitrogens with zero attached hydrogens (tertiary/aromatic N) is 1. The number of halogens is 3. The van der Waals surface area contributed by atoms with Gasteiger partial charge in [0.15, 0.2) is 6.61 Å². The fourth-order valence-corrected chi connectivity index (χ4v) is 4.20. The molecule has 0 unspecified atom stereocenters. The standard InChI is InChI=1S/C19H12Br2ClN3O5/c20-10-4-9(16(14(21)6-10)30-8-15(23)26)5-13-17(27)24-19(29)25(18(13)28)12-3-1-2-11(22)7-12/h1-7H,8H2,(H2,23,26)(H,24,27,29)/b13-5+. The number of urea groups is 1. The third-order valence-electron chi connectivity index (χ3n) is 3.86. The number of anilines is 1. The number of amides is 5. The first-order valence-corrected chi connectivity index (χ1v) is 10.2. The molecule has 8 nitrogen and oxygen atoms in total. The van der Waals surface area contributed by atoms with Gasteiger partial charge in [0.1, 0.15) is 11.3 Å². The van der Waals surface area contributed by atoms with Gasteiger partial charge in [0.25, 0.3) is 17.7 Å². The van der Waals surface area contributed by atoms with E-state index in [1.807, 2.05) is 0 Å². The summed E-state index contributed by atoms with van der Waals surface area (Å²) in [5.41, 5.74) is 5.32. The smallest absolute Gasteiger partial charge is 0.335 e. The lowest BCUT2D eigenvalue weighted by atomic mass is 10.1. The fraction of sp³-hybridized carbons (Fsp3) is 0.0526. The highest BCUT2D eigenvalue weighted by molar-refractivity contribution is 9.11. The molecule has 0 saturated carbocycles. The van der Waals surface area contributed by atoms with Gasteiger partial charge >= 0.3 is 6.03 Å². The van der Waals surface area contributed by atoms with Crippen LogP contribution in [0.1, 0.15) is 5.56 Å². The monoisotopic (exact) mass is 555 g/mol. The molecule has 5 amide bonds. The summed E-state index contributed by atoms with van der Waals surface area (Å²) in [4.78, 5) is 49.6. The van der Waals surface area contributed by atoms with Crippen LogP contribution in [0.2, 0.25) is 5.02 Å². The molecular formula is C19H12Br2ClN3O5. The van der Waals surface area contributed by atoms with E-state index in [2.05, 4.69) is 37.2 Å². The van der Waals surface area contributed by atoms with Crippen LogP contribution in [-0.2, 0) is 14.4 Å². The maximum absolute atomic E-state index is 13.0. The second-order valence-electron chi connectivity index (χ2n) is 6.00. The van der Waals surface area contributed by atoms with Crippen LogP contribution in [0, 0.1) is 0 Å². The first kappa shape index (κ1) is 22.0. The number of ether oxygens (including phenoxy) is 1. The normalized spacial score (nSPS) is 15.4. The molecule has 1 fully saturated rings. The largest absolute Gasteiger partial charge is 0.482 e. The highest BCUT2D eigenvalue weighted by atomic mass is 79.9. The number of nitrogens with one attached hydrogen (secondary N) is 1. The molecule has 1 saturated heterocycles. The van der Waals surface area contributed by atoms with E-state index < -0.39 is 30.4 Å². The Labute approximate surface area is 192 Å². The van der Waals surface area contributed by atoms with Crippen molar-refractivity contribution in [1.82, 2.24) is 5.32 Å². The van der Waals surface area contributed by atoms with E-state index in [4.69, 9.17) is 22.1 Å². The minimum Gasteiger partial charge on any atom is -0.482 e. The van der Waals surface area contributed by atoms with Crippen LogP contribution < -0.4 is 20.7 Å². The van der Waals surface area contributed by atoms with Gasteiger partial charge in [0, 0.05) is 15.1 Å². The van der Waals surface area contributed by atoms with E-state index in [1.165, 1.54) is 18.2 Å². The van der Waals surface area contributed by atoms with E-state index in [0.717, 1.165) is 4.90 Å². The van der Waals surface area contributed by atoms with Gasteiger partial charge < -0.3 is 10.5 Å². The maximum Gasteiger partial charge on any atom is 0.335 e. The van der Waals surface area contributed by atoms with Gasteiger partial charge in [0.2, 0.25) is 0 Å².